The lowest BCUT2D eigenvalue weighted by atomic mass is 9.94. The Balaban J connectivity index is 1.72. The molecule has 2 heterocycles. The maximum atomic E-state index is 12.5. The Morgan fingerprint density at radius 1 is 1.38 bits per heavy atom. The molecule has 0 unspecified atom stereocenters. The van der Waals surface area contributed by atoms with Crippen molar-refractivity contribution in [2.24, 2.45) is 0 Å². The maximum Gasteiger partial charge on any atom is 0.387 e. The lowest BCUT2D eigenvalue weighted by Gasteiger charge is -2.48. The average Bonchev–Trinajstić information content (AvgIpc) is 2.62. The highest BCUT2D eigenvalue weighted by Gasteiger charge is 2.44. The number of rotatable bonds is 9. The first-order valence-corrected chi connectivity index (χ1v) is 9.22. The van der Waals surface area contributed by atoms with Crippen LogP contribution in [0.5, 0.6) is 5.75 Å². The molecular formula is C19H21ClF2N4O3. The molecule has 10 heteroatoms. The second-order valence-corrected chi connectivity index (χ2v) is 7.57. The van der Waals surface area contributed by atoms with Gasteiger partial charge in [0.25, 0.3) is 6.47 Å². The highest BCUT2D eigenvalue weighted by Crippen LogP contribution is 2.31. The lowest BCUT2D eigenvalue weighted by molar-refractivity contribution is -0.166. The van der Waals surface area contributed by atoms with E-state index in [1.165, 1.54) is 18.3 Å². The summed E-state index contributed by atoms with van der Waals surface area (Å²) in [5.74, 6) is -0.120. The predicted octanol–water partition coefficient (Wildman–Crippen LogP) is 2.69. The van der Waals surface area contributed by atoms with Crippen molar-refractivity contribution in [2.75, 3.05) is 33.7 Å². The number of hydrogen-bond acceptors (Lipinski definition) is 7. The Morgan fingerprint density at radius 3 is 2.79 bits per heavy atom. The van der Waals surface area contributed by atoms with E-state index in [0.717, 1.165) is 0 Å². The van der Waals surface area contributed by atoms with Crippen LogP contribution < -0.4 is 4.74 Å². The van der Waals surface area contributed by atoms with E-state index in [4.69, 9.17) is 16.3 Å². The van der Waals surface area contributed by atoms with Gasteiger partial charge in [-0.05, 0) is 26.2 Å². The van der Waals surface area contributed by atoms with Crippen LogP contribution in [0.4, 0.5) is 8.78 Å². The zero-order valence-corrected chi connectivity index (χ0v) is 16.8. The molecule has 156 valence electrons. The number of nitrogens with zero attached hydrogens (tertiary/aromatic N) is 4. The molecule has 0 N–H and O–H groups in total. The molecular weight excluding hydrogens is 406 g/mol. The van der Waals surface area contributed by atoms with Crippen molar-refractivity contribution in [2.45, 2.75) is 18.8 Å². The van der Waals surface area contributed by atoms with Crippen LogP contribution in [0.1, 0.15) is 5.69 Å². The molecule has 0 saturated carbocycles. The molecule has 1 saturated heterocycles. The van der Waals surface area contributed by atoms with E-state index in [0.29, 0.717) is 49.6 Å². The minimum absolute atomic E-state index is 0.0869. The van der Waals surface area contributed by atoms with Gasteiger partial charge in [-0.2, -0.15) is 8.78 Å². The number of halogens is 3. The van der Waals surface area contributed by atoms with Crippen molar-refractivity contribution in [3.8, 4) is 17.0 Å². The predicted molar refractivity (Wildman–Crippen MR) is 103 cm³/mol. The van der Waals surface area contributed by atoms with Gasteiger partial charge in [-0.1, -0.05) is 17.7 Å². The van der Waals surface area contributed by atoms with E-state index in [1.54, 1.807) is 12.3 Å². The molecule has 1 fully saturated rings. The van der Waals surface area contributed by atoms with Gasteiger partial charge in [0.1, 0.15) is 11.4 Å². The summed E-state index contributed by atoms with van der Waals surface area (Å²) in [6.07, 6.45) is 3.17. The Bertz CT molecular complexity index is 865. The molecule has 1 aliphatic rings. The molecule has 0 amide bonds. The van der Waals surface area contributed by atoms with Crippen molar-refractivity contribution in [1.82, 2.24) is 19.8 Å². The largest absolute Gasteiger partial charge is 0.457 e. The molecule has 1 aromatic carbocycles. The molecule has 0 aliphatic carbocycles. The quantitative estimate of drug-likeness (QED) is 0.571. The summed E-state index contributed by atoms with van der Waals surface area (Å²) >= 11 is 5.90. The van der Waals surface area contributed by atoms with Gasteiger partial charge >= 0.3 is 6.61 Å². The summed E-state index contributed by atoms with van der Waals surface area (Å²) < 4.78 is 34.8. The van der Waals surface area contributed by atoms with Crippen LogP contribution in [0, 0.1) is 0 Å². The zero-order valence-electron chi connectivity index (χ0n) is 16.0. The van der Waals surface area contributed by atoms with E-state index in [-0.39, 0.29) is 10.8 Å². The van der Waals surface area contributed by atoms with Gasteiger partial charge in [0.15, 0.2) is 0 Å². The third-order valence-electron chi connectivity index (χ3n) is 4.53. The fourth-order valence-corrected chi connectivity index (χ4v) is 3.71. The topological polar surface area (TPSA) is 67.8 Å². The van der Waals surface area contributed by atoms with Crippen LogP contribution in [0.2, 0.25) is 5.02 Å². The van der Waals surface area contributed by atoms with Crippen LogP contribution in [0.3, 0.4) is 0 Å². The van der Waals surface area contributed by atoms with Crippen molar-refractivity contribution < 1.29 is 23.0 Å². The monoisotopic (exact) mass is 426 g/mol. The fraction of sp³-hybridized carbons (Fsp3) is 0.421. The second kappa shape index (κ2) is 8.98. The summed E-state index contributed by atoms with van der Waals surface area (Å²) in [4.78, 5) is 23.7. The smallest absolute Gasteiger partial charge is 0.387 e. The number of carbonyl (C=O) groups excluding carboxylic acids is 1. The first-order chi connectivity index (χ1) is 13.8. The minimum Gasteiger partial charge on any atom is -0.457 e. The molecule has 0 spiro atoms. The van der Waals surface area contributed by atoms with Crippen molar-refractivity contribution >= 4 is 18.1 Å². The number of alkyl halides is 2. The maximum absolute atomic E-state index is 12.5. The molecule has 3 rings (SSSR count). The molecule has 7 nitrogen and oxygen atoms in total. The highest BCUT2D eigenvalue weighted by molar-refractivity contribution is 6.32. The lowest BCUT2D eigenvalue weighted by Crippen LogP contribution is -2.65. The molecule has 2 aromatic rings. The normalized spacial score (nSPS) is 16.0. The molecule has 0 bridgehead atoms. The number of benzene rings is 1. The Kier molecular flexibility index (Phi) is 6.61. The van der Waals surface area contributed by atoms with Crippen LogP contribution >= 0.6 is 11.6 Å². The number of hydrogen-bond donors (Lipinski definition) is 0. The van der Waals surface area contributed by atoms with Gasteiger partial charge in [0, 0.05) is 37.9 Å². The standard InChI is InChI=1S/C19H21ClF2N4O3/c1-25(9-19(28-12-27)10-26(2)11-19)8-14-6-23-7-16(24-14)13-3-4-15(20)17(5-13)29-18(21)22/h3-7,12,18H,8-11H2,1-2H3. The van der Waals surface area contributed by atoms with Crippen molar-refractivity contribution in [3.63, 3.8) is 0 Å². The SMILES string of the molecule is CN(Cc1cncc(-c2ccc(Cl)c(OC(F)F)c2)n1)CC1(OC=O)CN(C)C1. The van der Waals surface area contributed by atoms with Gasteiger partial charge in [-0.15, -0.1) is 0 Å². The summed E-state index contributed by atoms with van der Waals surface area (Å²) in [7, 11) is 3.86. The zero-order chi connectivity index (χ0) is 21.0. The summed E-state index contributed by atoms with van der Waals surface area (Å²) in [5.41, 5.74) is 1.23. The summed E-state index contributed by atoms with van der Waals surface area (Å²) in [6, 6.07) is 4.54. The van der Waals surface area contributed by atoms with E-state index >= 15 is 0 Å². The van der Waals surface area contributed by atoms with Crippen LogP contribution in [0.25, 0.3) is 11.3 Å². The van der Waals surface area contributed by atoms with E-state index in [9.17, 15) is 13.6 Å². The van der Waals surface area contributed by atoms with Crippen LogP contribution in [-0.4, -0.2) is 72.2 Å². The van der Waals surface area contributed by atoms with Gasteiger partial charge < -0.3 is 9.47 Å². The van der Waals surface area contributed by atoms with E-state index < -0.39 is 12.2 Å². The number of likely N-dealkylation sites (N-methyl/N-ethyl adjacent to an activating group) is 2. The van der Waals surface area contributed by atoms with Crippen LogP contribution in [0.15, 0.2) is 30.6 Å². The van der Waals surface area contributed by atoms with E-state index in [1.807, 2.05) is 19.0 Å². The molecule has 0 radical (unpaired) electrons. The van der Waals surface area contributed by atoms with Gasteiger partial charge in [0.05, 0.1) is 22.6 Å². The molecule has 0 atom stereocenters. The molecule has 29 heavy (non-hydrogen) atoms. The number of aromatic nitrogens is 2. The summed E-state index contributed by atoms with van der Waals surface area (Å²) in [5, 5.41) is 0.0869. The van der Waals surface area contributed by atoms with Gasteiger partial charge in [-0.3, -0.25) is 19.6 Å². The molecule has 1 aromatic heterocycles. The number of carbonyl (C=O) groups is 1. The first-order valence-electron chi connectivity index (χ1n) is 8.84. The first kappa shape index (κ1) is 21.4. The highest BCUT2D eigenvalue weighted by atomic mass is 35.5. The van der Waals surface area contributed by atoms with Gasteiger partial charge in [0.2, 0.25) is 0 Å². The Hall–Kier alpha value is -2.36. The average molecular weight is 427 g/mol. The Morgan fingerprint density at radius 2 is 2.14 bits per heavy atom. The van der Waals surface area contributed by atoms with Crippen LogP contribution in [-0.2, 0) is 16.1 Å². The second-order valence-electron chi connectivity index (χ2n) is 7.16. The third kappa shape index (κ3) is 5.37. The number of likely N-dealkylation sites (tertiary alicyclic amines) is 1. The van der Waals surface area contributed by atoms with Crippen molar-refractivity contribution in [3.05, 3.63) is 41.3 Å². The van der Waals surface area contributed by atoms with E-state index in [2.05, 4.69) is 19.6 Å². The third-order valence-corrected chi connectivity index (χ3v) is 4.84. The Labute approximate surface area is 172 Å². The van der Waals surface area contributed by atoms with Crippen molar-refractivity contribution in [1.29, 1.82) is 0 Å². The minimum atomic E-state index is -2.97. The summed E-state index contributed by atoms with van der Waals surface area (Å²) in [6.45, 7) is -0.127. The number of ether oxygens (including phenoxy) is 2. The van der Waals surface area contributed by atoms with Gasteiger partial charge in [-0.25, -0.2) is 4.98 Å². The molecule has 1 aliphatic heterocycles. The fourth-order valence-electron chi connectivity index (χ4n) is 3.55.